The van der Waals surface area contributed by atoms with Gasteiger partial charge in [0, 0.05) is 47.9 Å². The molecule has 0 saturated carbocycles. The number of nitriles is 1. The number of amides is 11. The maximum Gasteiger partial charge on any atom is 0.573 e. The van der Waals surface area contributed by atoms with E-state index in [-0.39, 0.29) is 48.0 Å². The second-order valence-corrected chi connectivity index (χ2v) is 33.2. The number of aliphatic hydroxyl groups excluding tert-OH is 6. The average Bonchev–Trinajstić information content (AvgIpc) is 0.761. The first-order valence-corrected chi connectivity index (χ1v) is 41.6. The van der Waals surface area contributed by atoms with E-state index < -0.39 is 284 Å². The Morgan fingerprint density at radius 1 is 0.738 bits per heavy atom. The molecule has 698 valence electrons. The molecule has 18 unspecified atom stereocenters. The fourth-order valence-corrected chi connectivity index (χ4v) is 16.4. The maximum absolute atomic E-state index is 16.4. The van der Waals surface area contributed by atoms with Crippen molar-refractivity contribution >= 4 is 88.1 Å². The standard InChI is InChI=1S/C84H95Cl2F3N14O27/c1-35(2)22-49(92-5)74(115)100-65-67(110)39-7-14-53(47(85)24-39)125-55-26-41-27-56(71(55)129-81-72(70(113)69(112)57(32-104)127-81)128-60-31-83(4,73(114)36(3)124-60)94-19-16-37-17-20-103(21-18-37)82(122)95-42-9-11-44(12-10-42)130-84(87,88)89)126-54-15-8-40(25-48(54)86)68(111)66-79(120)99-64(80(121)102-123-33-59(109)93-34-90)46-28-43(105)29-52(107)61(46)45-23-38(6-13-51(45)106)62(76(117)101-66)98-77(118)63(41)97-75(116)50(30-58(91)108)96-78(65)119/h6-15,23-29,35-37,49-50,57,60,62-70,72-73,81,92,94,104-107,110-114H,16-22,30-33H2,1-5H3,(H2,91,108)(H,93,109)(H,95,122)(H,96,119)(H,97,116)(H,98,118)(H,99,120)(H,100,115)(H,101,117)(H,102,121). The molecule has 11 amide bonds. The van der Waals surface area contributed by atoms with Crippen LogP contribution in [-0.2, 0) is 62.2 Å². The van der Waals surface area contributed by atoms with E-state index >= 15 is 24.0 Å². The summed E-state index contributed by atoms with van der Waals surface area (Å²) in [4.78, 5) is 152. The van der Waals surface area contributed by atoms with Crippen LogP contribution in [0.3, 0.4) is 0 Å². The van der Waals surface area contributed by atoms with Gasteiger partial charge in [0.15, 0.2) is 36.7 Å². The van der Waals surface area contributed by atoms with Crippen LogP contribution in [0.5, 0.6) is 51.7 Å². The van der Waals surface area contributed by atoms with Crippen LogP contribution in [0.2, 0.25) is 10.0 Å². The highest BCUT2D eigenvalue weighted by Gasteiger charge is 2.53. The fraction of sp³-hybridized carbons (Fsp3) is 0.440. The summed E-state index contributed by atoms with van der Waals surface area (Å²) in [6.45, 7) is 5.62. The number of phenols is 3. The largest absolute Gasteiger partial charge is 0.573 e. The summed E-state index contributed by atoms with van der Waals surface area (Å²) in [6, 6.07) is 2.72. The Bertz CT molecular complexity index is 5310. The Morgan fingerprint density at radius 3 is 1.98 bits per heavy atom. The molecule has 0 aromatic heterocycles. The summed E-state index contributed by atoms with van der Waals surface area (Å²) in [5.41, 5.74) is 3.47. The van der Waals surface area contributed by atoms with Crippen LogP contribution >= 0.6 is 23.2 Å². The number of carbonyl (C=O) groups excluding carboxylic acids is 10. The third kappa shape index (κ3) is 22.8. The quantitative estimate of drug-likeness (QED) is 0.0264. The molecule has 3 saturated heterocycles. The number of ether oxygens (including phenoxy) is 7. The van der Waals surface area contributed by atoms with Crippen LogP contribution in [0.4, 0.5) is 23.7 Å². The van der Waals surface area contributed by atoms with Gasteiger partial charge in [-0.25, -0.2) is 10.3 Å². The molecule has 41 nitrogen and oxygen atoms in total. The number of nitrogens with zero attached hydrogens (tertiary/aromatic N) is 2. The first-order valence-electron chi connectivity index (χ1n) is 40.8. The summed E-state index contributed by atoms with van der Waals surface area (Å²) >= 11 is 14.4. The summed E-state index contributed by atoms with van der Waals surface area (Å²) in [7, 11) is 1.45. The minimum Gasteiger partial charge on any atom is -0.508 e. The van der Waals surface area contributed by atoms with E-state index in [1.807, 2.05) is 5.48 Å². The average molecular weight is 1860 g/mol. The van der Waals surface area contributed by atoms with Gasteiger partial charge in [-0.1, -0.05) is 55.2 Å². The number of likely N-dealkylation sites (N-methyl/N-ethyl adjacent to an activating group) is 1. The second-order valence-electron chi connectivity index (χ2n) is 32.4. The number of alkyl halides is 3. The lowest BCUT2D eigenvalue weighted by Gasteiger charge is -2.48. The lowest BCUT2D eigenvalue weighted by atomic mass is 9.84. The molecule has 6 aromatic rings. The van der Waals surface area contributed by atoms with Crippen LogP contribution in [0.25, 0.3) is 11.1 Å². The molecule has 8 aliphatic rings. The van der Waals surface area contributed by atoms with Crippen molar-refractivity contribution in [1.82, 2.24) is 58.2 Å². The number of anilines is 1. The first-order chi connectivity index (χ1) is 61.6. The molecule has 46 heteroatoms. The van der Waals surface area contributed by atoms with E-state index in [2.05, 4.69) is 52.6 Å². The zero-order valence-electron chi connectivity index (χ0n) is 69.8. The topological polar surface area (TPSA) is 612 Å². The van der Waals surface area contributed by atoms with E-state index in [1.54, 1.807) is 31.0 Å². The molecular weight excluding hydrogens is 1760 g/mol. The number of benzene rings is 6. The molecular formula is C84H95Cl2F3N14O27. The fourth-order valence-electron chi connectivity index (χ4n) is 15.9. The van der Waals surface area contributed by atoms with Gasteiger partial charge in [-0.05, 0) is 172 Å². The molecule has 0 aliphatic carbocycles. The smallest absolute Gasteiger partial charge is 0.508 e. The molecule has 0 spiro atoms. The normalized spacial score (nSPS) is 26.3. The van der Waals surface area contributed by atoms with Crippen LogP contribution in [0, 0.1) is 23.3 Å². The van der Waals surface area contributed by atoms with E-state index in [0.717, 1.165) is 84.9 Å². The molecule has 6 aromatic carbocycles. The van der Waals surface area contributed by atoms with E-state index in [4.69, 9.17) is 67.5 Å². The van der Waals surface area contributed by atoms with Gasteiger partial charge in [0.1, 0.15) is 101 Å². The van der Waals surface area contributed by atoms with Crippen molar-refractivity contribution in [3.8, 4) is 69.1 Å². The van der Waals surface area contributed by atoms with Gasteiger partial charge >= 0.3 is 12.4 Å². The summed E-state index contributed by atoms with van der Waals surface area (Å²) < 4.78 is 81.8. The predicted octanol–water partition coefficient (Wildman–Crippen LogP) is 2.53. The van der Waals surface area contributed by atoms with E-state index in [1.165, 1.54) is 38.4 Å². The van der Waals surface area contributed by atoms with Gasteiger partial charge in [0.2, 0.25) is 53.4 Å². The van der Waals surface area contributed by atoms with Gasteiger partial charge in [-0.3, -0.25) is 53.3 Å². The van der Waals surface area contributed by atoms with Crippen molar-refractivity contribution in [2.45, 2.75) is 182 Å². The third-order valence-electron chi connectivity index (χ3n) is 22.6. The highest BCUT2D eigenvalue weighted by molar-refractivity contribution is 6.32. The number of aromatic hydroxyl groups is 3. The summed E-state index contributed by atoms with van der Waals surface area (Å²) in [5.74, 6) is -17.9. The molecule has 11 bridgehead atoms. The minimum absolute atomic E-state index is 0.0359. The number of nitrogens with two attached hydrogens (primary N) is 1. The number of rotatable bonds is 22. The number of piperidine rings is 1. The van der Waals surface area contributed by atoms with Gasteiger partial charge in [-0.15, -0.1) is 13.2 Å². The van der Waals surface area contributed by atoms with Crippen LogP contribution in [0.1, 0.15) is 124 Å². The minimum atomic E-state index is -4.92. The Balaban J connectivity index is 0.973. The third-order valence-corrected chi connectivity index (χ3v) is 23.2. The lowest BCUT2D eigenvalue weighted by Crippen LogP contribution is -2.65. The highest BCUT2D eigenvalue weighted by atomic mass is 35.5. The van der Waals surface area contributed by atoms with Gasteiger partial charge in [0.25, 0.3) is 11.8 Å². The summed E-state index contributed by atoms with van der Waals surface area (Å²) in [5, 5.41) is 140. The number of urea groups is 1. The van der Waals surface area contributed by atoms with Crippen molar-refractivity contribution in [1.29, 1.82) is 5.26 Å². The number of phenolic OH excluding ortho intramolecular Hbond substituents is 3. The number of likely N-dealkylation sites (tertiary alicyclic amines) is 1. The van der Waals surface area contributed by atoms with Gasteiger partial charge < -0.3 is 138 Å². The number of aliphatic hydroxyl groups is 6. The van der Waals surface area contributed by atoms with Crippen molar-refractivity contribution in [3.63, 3.8) is 0 Å². The molecule has 22 N–H and O–H groups in total. The van der Waals surface area contributed by atoms with Crippen LogP contribution < -0.4 is 83.3 Å². The second kappa shape index (κ2) is 41.3. The molecule has 0 radical (unpaired) electrons. The maximum atomic E-state index is 16.4. The first kappa shape index (κ1) is 96.9. The highest BCUT2D eigenvalue weighted by Crippen LogP contribution is 2.50. The van der Waals surface area contributed by atoms with Crippen molar-refractivity contribution in [2.24, 2.45) is 17.6 Å². The van der Waals surface area contributed by atoms with Crippen molar-refractivity contribution < 1.29 is 145 Å². The van der Waals surface area contributed by atoms with Crippen molar-refractivity contribution in [3.05, 3.63) is 141 Å². The van der Waals surface area contributed by atoms with Crippen LogP contribution in [-0.4, -0.2) is 235 Å². The molecule has 18 atom stereocenters. The molecule has 3 fully saturated rings. The molecule has 14 rings (SSSR count). The number of hydrogen-bond acceptors (Lipinski definition) is 30. The van der Waals surface area contributed by atoms with Gasteiger partial charge in [0.05, 0.1) is 41.3 Å². The van der Waals surface area contributed by atoms with E-state index in [9.17, 15) is 83.1 Å². The number of carbonyl (C=O) groups is 10. The number of fused-ring (bicyclic) bond motifs is 15. The number of nitrogens with one attached hydrogen (secondary N) is 11. The Hall–Kier alpha value is -12.2. The SMILES string of the molecule is CNC(CC(C)C)C(=O)NC1C(=O)NC(CC(N)=O)C(=O)NC2C(=O)NC3C(=O)NC(C(=O)NC(C(=O)NOCC(=O)NC#N)c4cc(O)cc(O)c4-c4cc3ccc4O)C(O)c3ccc(c(Cl)c3)Oc3cc2cc(c3OC2OC(CO)C(O)C(O)C2OC2CC(C)(NCCC3CCN(C(=O)Nc4ccc(OC(F)(F)F)cc4)CC3)C(O)C(C)O2)Oc2ccc(cc2Cl)C1O. The number of hydrogen-bond donors (Lipinski definition) is 21. The van der Waals surface area contributed by atoms with Crippen molar-refractivity contribution in [2.75, 3.05) is 45.2 Å². The lowest BCUT2D eigenvalue weighted by molar-refractivity contribution is -0.334. The Labute approximate surface area is 747 Å². The summed E-state index contributed by atoms with van der Waals surface area (Å²) in [6.07, 6.45) is -21.4. The zero-order chi connectivity index (χ0) is 94.2. The monoisotopic (exact) mass is 1860 g/mol. The predicted molar refractivity (Wildman–Crippen MR) is 444 cm³/mol. The number of hydroxylamine groups is 1. The van der Waals surface area contributed by atoms with Crippen LogP contribution in [0.15, 0.2) is 103 Å². The van der Waals surface area contributed by atoms with Gasteiger partial charge in [-0.2, -0.15) is 5.26 Å². The molecule has 130 heavy (non-hydrogen) atoms. The van der Waals surface area contributed by atoms with E-state index in [0.29, 0.717) is 32.4 Å². The number of primary amides is 1. The molecule has 8 aliphatic heterocycles. The zero-order valence-corrected chi connectivity index (χ0v) is 71.3. The Kier molecular flexibility index (Phi) is 30.8. The number of halogens is 5. The molecule has 8 heterocycles. The Morgan fingerprint density at radius 2 is 1.37 bits per heavy atom.